The van der Waals surface area contributed by atoms with Crippen molar-refractivity contribution in [3.8, 4) is 0 Å². The van der Waals surface area contributed by atoms with Crippen molar-refractivity contribution in [1.29, 1.82) is 0 Å². The van der Waals surface area contributed by atoms with Gasteiger partial charge in [0.2, 0.25) is 0 Å². The topological polar surface area (TPSA) is 43.3 Å². The number of nitrogens with zero attached hydrogens (tertiary/aromatic N) is 1. The van der Waals surface area contributed by atoms with Gasteiger partial charge in [-0.3, -0.25) is 4.79 Å². The highest BCUT2D eigenvalue weighted by Crippen LogP contribution is 2.24. The van der Waals surface area contributed by atoms with Crippen molar-refractivity contribution in [3.05, 3.63) is 52.3 Å². The van der Waals surface area contributed by atoms with E-state index in [1.165, 1.54) is 0 Å². The van der Waals surface area contributed by atoms with Crippen LogP contribution < -0.4 is 5.32 Å². The second-order valence-electron chi connectivity index (χ2n) is 4.28. The fourth-order valence-electron chi connectivity index (χ4n) is 1.84. The van der Waals surface area contributed by atoms with Crippen molar-refractivity contribution < 1.29 is 18.3 Å². The average molecular weight is 359 g/mol. The molecule has 112 valence electrons. The number of amides is 1. The molecule has 0 atom stereocenters. The Morgan fingerprint density at radius 3 is 2.67 bits per heavy atom. The normalized spacial score (nSPS) is 10.7. The first kappa shape index (κ1) is 15.7. The van der Waals surface area contributed by atoms with E-state index in [0.29, 0.717) is 18.8 Å². The highest BCUT2D eigenvalue weighted by atomic mass is 79.9. The van der Waals surface area contributed by atoms with E-state index in [4.69, 9.17) is 4.74 Å². The fourth-order valence-corrected chi connectivity index (χ4v) is 2.25. The molecule has 0 radical (unpaired) electrons. The van der Waals surface area contributed by atoms with E-state index < -0.39 is 23.2 Å². The van der Waals surface area contributed by atoms with Crippen LogP contribution in [-0.4, -0.2) is 24.2 Å². The predicted molar refractivity (Wildman–Crippen MR) is 78.3 cm³/mol. The third kappa shape index (κ3) is 3.68. The summed E-state index contributed by atoms with van der Waals surface area (Å²) >= 11 is 2.98. The first-order valence-electron chi connectivity index (χ1n) is 6.13. The number of benzene rings is 1. The second kappa shape index (κ2) is 6.82. The summed E-state index contributed by atoms with van der Waals surface area (Å²) in [4.78, 5) is 12.1. The first-order chi connectivity index (χ1) is 10.0. The molecule has 0 saturated heterocycles. The van der Waals surface area contributed by atoms with Crippen molar-refractivity contribution in [2.24, 2.45) is 0 Å². The average Bonchev–Trinajstić information content (AvgIpc) is 2.88. The highest BCUT2D eigenvalue weighted by molar-refractivity contribution is 9.10. The van der Waals surface area contributed by atoms with E-state index in [1.54, 1.807) is 30.0 Å². The Kier molecular flexibility index (Phi) is 5.08. The minimum absolute atomic E-state index is 0.263. The summed E-state index contributed by atoms with van der Waals surface area (Å²) in [5.74, 6) is -2.27. The van der Waals surface area contributed by atoms with Crippen LogP contribution in [0.1, 0.15) is 10.5 Å². The second-order valence-corrected chi connectivity index (χ2v) is 5.19. The van der Waals surface area contributed by atoms with Crippen LogP contribution in [0, 0.1) is 11.6 Å². The van der Waals surface area contributed by atoms with Gasteiger partial charge < -0.3 is 14.6 Å². The number of halogens is 3. The van der Waals surface area contributed by atoms with Crippen LogP contribution in [-0.2, 0) is 11.3 Å². The molecule has 2 aromatic rings. The number of hydrogen-bond acceptors (Lipinski definition) is 2. The summed E-state index contributed by atoms with van der Waals surface area (Å²) in [5, 5.41) is 2.25. The van der Waals surface area contributed by atoms with Gasteiger partial charge in [-0.2, -0.15) is 0 Å². The minimum atomic E-state index is -0.842. The molecule has 1 aromatic heterocycles. The summed E-state index contributed by atoms with van der Waals surface area (Å²) in [6.45, 7) is 0.896. The van der Waals surface area contributed by atoms with E-state index >= 15 is 0 Å². The number of ether oxygens (including phenoxy) is 1. The maximum absolute atomic E-state index is 13.7. The van der Waals surface area contributed by atoms with Gasteiger partial charge in [0, 0.05) is 24.3 Å². The van der Waals surface area contributed by atoms with Crippen molar-refractivity contribution in [2.75, 3.05) is 19.0 Å². The molecule has 2 rings (SSSR count). The Labute approximate surface area is 128 Å². The Morgan fingerprint density at radius 1 is 1.38 bits per heavy atom. The summed E-state index contributed by atoms with van der Waals surface area (Å²) in [7, 11) is 1.55. The number of hydrogen-bond donors (Lipinski definition) is 1. The SMILES string of the molecule is COCCn1cccc1C(=O)Nc1c(F)cc(Br)cc1F. The van der Waals surface area contributed by atoms with Crippen molar-refractivity contribution >= 4 is 27.5 Å². The van der Waals surface area contributed by atoms with Crippen LogP contribution in [0.2, 0.25) is 0 Å². The van der Waals surface area contributed by atoms with Crippen LogP contribution in [0.3, 0.4) is 0 Å². The van der Waals surface area contributed by atoms with Crippen LogP contribution in [0.5, 0.6) is 0 Å². The third-order valence-electron chi connectivity index (χ3n) is 2.84. The van der Waals surface area contributed by atoms with E-state index in [-0.39, 0.29) is 4.47 Å². The monoisotopic (exact) mass is 358 g/mol. The van der Waals surface area contributed by atoms with Gasteiger partial charge in [0.25, 0.3) is 5.91 Å². The zero-order valence-electron chi connectivity index (χ0n) is 11.2. The number of methoxy groups -OCH3 is 1. The molecule has 0 aliphatic rings. The van der Waals surface area contributed by atoms with E-state index in [0.717, 1.165) is 12.1 Å². The quantitative estimate of drug-likeness (QED) is 0.889. The maximum atomic E-state index is 13.7. The minimum Gasteiger partial charge on any atom is -0.383 e. The molecule has 21 heavy (non-hydrogen) atoms. The van der Waals surface area contributed by atoms with Gasteiger partial charge in [-0.25, -0.2) is 8.78 Å². The Bertz CT molecular complexity index is 635. The first-order valence-corrected chi connectivity index (χ1v) is 6.92. The van der Waals surface area contributed by atoms with Gasteiger partial charge in [0.1, 0.15) is 11.4 Å². The number of anilines is 1. The summed E-state index contributed by atoms with van der Waals surface area (Å²) in [6, 6.07) is 5.42. The molecule has 0 aliphatic carbocycles. The molecule has 1 heterocycles. The summed E-state index contributed by atoms with van der Waals surface area (Å²) < 4.78 is 34.3. The summed E-state index contributed by atoms with van der Waals surface area (Å²) in [6.07, 6.45) is 1.70. The molecule has 0 aliphatic heterocycles. The predicted octanol–water partition coefficient (Wildman–Crippen LogP) is 3.43. The van der Waals surface area contributed by atoms with Crippen molar-refractivity contribution in [1.82, 2.24) is 4.57 Å². The lowest BCUT2D eigenvalue weighted by Crippen LogP contribution is -2.19. The summed E-state index contributed by atoms with van der Waals surface area (Å²) in [5.41, 5.74) is -0.170. The Hall–Kier alpha value is -1.73. The van der Waals surface area contributed by atoms with Crippen LogP contribution in [0.4, 0.5) is 14.5 Å². The zero-order chi connectivity index (χ0) is 15.4. The molecule has 0 unspecified atom stereocenters. The third-order valence-corrected chi connectivity index (χ3v) is 3.30. The van der Waals surface area contributed by atoms with E-state index in [2.05, 4.69) is 21.2 Å². The molecule has 1 N–H and O–H groups in total. The van der Waals surface area contributed by atoms with E-state index in [9.17, 15) is 13.6 Å². The lowest BCUT2D eigenvalue weighted by Gasteiger charge is -2.11. The number of rotatable bonds is 5. The van der Waals surface area contributed by atoms with Crippen LogP contribution in [0.25, 0.3) is 0 Å². The lowest BCUT2D eigenvalue weighted by molar-refractivity contribution is 0.101. The highest BCUT2D eigenvalue weighted by Gasteiger charge is 2.16. The fraction of sp³-hybridized carbons (Fsp3) is 0.214. The molecule has 1 aromatic carbocycles. The van der Waals surface area contributed by atoms with Gasteiger partial charge in [-0.05, 0) is 24.3 Å². The molecular weight excluding hydrogens is 346 g/mol. The van der Waals surface area contributed by atoms with Gasteiger partial charge >= 0.3 is 0 Å². The zero-order valence-corrected chi connectivity index (χ0v) is 12.8. The van der Waals surface area contributed by atoms with Gasteiger partial charge in [-0.15, -0.1) is 0 Å². The van der Waals surface area contributed by atoms with Crippen molar-refractivity contribution in [3.63, 3.8) is 0 Å². The van der Waals surface area contributed by atoms with Gasteiger partial charge in [-0.1, -0.05) is 15.9 Å². The molecule has 0 spiro atoms. The largest absolute Gasteiger partial charge is 0.383 e. The van der Waals surface area contributed by atoms with Gasteiger partial charge in [0.15, 0.2) is 11.6 Å². The molecular formula is C14H13BrF2N2O2. The van der Waals surface area contributed by atoms with Crippen LogP contribution in [0.15, 0.2) is 34.9 Å². The standard InChI is InChI=1S/C14H13BrF2N2O2/c1-21-6-5-19-4-2-3-12(19)14(20)18-13-10(16)7-9(15)8-11(13)17/h2-4,7-8H,5-6H2,1H3,(H,18,20). The molecule has 0 fully saturated rings. The molecule has 0 saturated carbocycles. The number of carbonyl (C=O) groups is 1. The Balaban J connectivity index is 2.21. The number of aromatic nitrogens is 1. The van der Waals surface area contributed by atoms with Gasteiger partial charge in [0.05, 0.1) is 6.61 Å². The number of nitrogens with one attached hydrogen (secondary N) is 1. The molecule has 0 bridgehead atoms. The van der Waals surface area contributed by atoms with Crippen LogP contribution >= 0.6 is 15.9 Å². The van der Waals surface area contributed by atoms with Crippen molar-refractivity contribution in [2.45, 2.75) is 6.54 Å². The number of carbonyl (C=O) groups excluding carboxylic acids is 1. The molecule has 4 nitrogen and oxygen atoms in total. The lowest BCUT2D eigenvalue weighted by atomic mass is 10.2. The molecule has 7 heteroatoms. The smallest absolute Gasteiger partial charge is 0.272 e. The maximum Gasteiger partial charge on any atom is 0.272 e. The Morgan fingerprint density at radius 2 is 2.05 bits per heavy atom. The van der Waals surface area contributed by atoms with E-state index in [1.807, 2.05) is 0 Å². The molecule has 1 amide bonds.